The molecule has 1 aromatic rings. The first-order chi connectivity index (χ1) is 10.1. The molecule has 1 unspecified atom stereocenters. The van der Waals surface area contributed by atoms with Crippen LogP contribution >= 0.6 is 0 Å². The Kier molecular flexibility index (Phi) is 5.30. The number of methoxy groups -OCH3 is 1. The lowest BCUT2D eigenvalue weighted by Gasteiger charge is -2.26. The number of anilines is 1. The zero-order chi connectivity index (χ0) is 15.2. The monoisotopic (exact) mass is 292 g/mol. The maximum atomic E-state index is 12.1. The Morgan fingerprint density at radius 2 is 1.90 bits per heavy atom. The summed E-state index contributed by atoms with van der Waals surface area (Å²) in [6, 6.07) is 5.96. The summed E-state index contributed by atoms with van der Waals surface area (Å²) >= 11 is 0. The number of esters is 1. The number of nitrogens with one attached hydrogen (secondary N) is 1. The highest BCUT2D eigenvalue weighted by atomic mass is 16.5. The SMILES string of the molecule is COC(=O)c1ccc(NC(=O)C(N)C2CCOCC2)cc1. The van der Waals surface area contributed by atoms with Crippen molar-refractivity contribution < 1.29 is 19.1 Å². The maximum Gasteiger partial charge on any atom is 0.337 e. The van der Waals surface area contributed by atoms with Gasteiger partial charge in [-0.25, -0.2) is 4.79 Å². The van der Waals surface area contributed by atoms with Gasteiger partial charge in [-0.3, -0.25) is 4.79 Å². The average molecular weight is 292 g/mol. The number of benzene rings is 1. The van der Waals surface area contributed by atoms with E-state index in [9.17, 15) is 9.59 Å². The molecule has 1 aliphatic heterocycles. The fourth-order valence-electron chi connectivity index (χ4n) is 2.32. The number of nitrogens with two attached hydrogens (primary N) is 1. The summed E-state index contributed by atoms with van der Waals surface area (Å²) in [6.45, 7) is 1.30. The van der Waals surface area contributed by atoms with Crippen molar-refractivity contribution in [1.82, 2.24) is 0 Å². The standard InChI is InChI=1S/C15H20N2O4/c1-20-15(19)11-2-4-12(5-3-11)17-14(18)13(16)10-6-8-21-9-7-10/h2-5,10,13H,6-9,16H2,1H3,(H,17,18). The van der Waals surface area contributed by atoms with Gasteiger partial charge in [0.1, 0.15) is 0 Å². The minimum Gasteiger partial charge on any atom is -0.465 e. The predicted octanol–water partition coefficient (Wildman–Crippen LogP) is 1.17. The van der Waals surface area contributed by atoms with Crippen molar-refractivity contribution in [3.05, 3.63) is 29.8 Å². The second-order valence-electron chi connectivity index (χ2n) is 5.03. The highest BCUT2D eigenvalue weighted by Crippen LogP contribution is 2.19. The highest BCUT2D eigenvalue weighted by molar-refractivity contribution is 5.95. The normalized spacial score (nSPS) is 17.0. The second kappa shape index (κ2) is 7.19. The van der Waals surface area contributed by atoms with Crippen molar-refractivity contribution in [1.29, 1.82) is 0 Å². The van der Waals surface area contributed by atoms with E-state index in [-0.39, 0.29) is 11.8 Å². The summed E-state index contributed by atoms with van der Waals surface area (Å²) in [5.74, 6) is -0.479. The molecule has 6 heteroatoms. The number of carbonyl (C=O) groups excluding carboxylic acids is 2. The molecule has 1 atom stereocenters. The molecule has 3 N–H and O–H groups in total. The van der Waals surface area contributed by atoms with Crippen LogP contribution < -0.4 is 11.1 Å². The van der Waals surface area contributed by atoms with E-state index in [1.165, 1.54) is 7.11 Å². The van der Waals surface area contributed by atoms with Crippen LogP contribution in [0.15, 0.2) is 24.3 Å². The molecule has 0 spiro atoms. The Balaban J connectivity index is 1.94. The third-order valence-electron chi connectivity index (χ3n) is 3.65. The molecule has 0 radical (unpaired) electrons. The Labute approximate surface area is 123 Å². The van der Waals surface area contributed by atoms with Gasteiger partial charge in [-0.2, -0.15) is 0 Å². The average Bonchev–Trinajstić information content (AvgIpc) is 2.55. The molecule has 114 valence electrons. The summed E-state index contributed by atoms with van der Waals surface area (Å²) in [7, 11) is 1.32. The quantitative estimate of drug-likeness (QED) is 0.813. The largest absolute Gasteiger partial charge is 0.465 e. The summed E-state index contributed by atoms with van der Waals surface area (Å²) in [5.41, 5.74) is 7.04. The van der Waals surface area contributed by atoms with Crippen LogP contribution in [0.25, 0.3) is 0 Å². The molecular formula is C15H20N2O4. The molecule has 21 heavy (non-hydrogen) atoms. The molecule has 1 aliphatic rings. The molecule has 1 amide bonds. The topological polar surface area (TPSA) is 90.7 Å². The molecular weight excluding hydrogens is 272 g/mol. The first-order valence-corrected chi connectivity index (χ1v) is 6.94. The molecule has 1 heterocycles. The van der Waals surface area contributed by atoms with E-state index in [1.807, 2.05) is 0 Å². The van der Waals surface area contributed by atoms with E-state index in [2.05, 4.69) is 10.1 Å². The molecule has 1 fully saturated rings. The van der Waals surface area contributed by atoms with E-state index in [0.717, 1.165) is 12.8 Å². The lowest BCUT2D eigenvalue weighted by Crippen LogP contribution is -2.44. The van der Waals surface area contributed by atoms with Crippen molar-refractivity contribution >= 4 is 17.6 Å². The van der Waals surface area contributed by atoms with E-state index in [0.29, 0.717) is 24.5 Å². The molecule has 0 aliphatic carbocycles. The van der Waals surface area contributed by atoms with Crippen LogP contribution in [0.1, 0.15) is 23.2 Å². The number of rotatable bonds is 4. The number of hydrogen-bond donors (Lipinski definition) is 2. The van der Waals surface area contributed by atoms with Gasteiger partial charge in [-0.15, -0.1) is 0 Å². The van der Waals surface area contributed by atoms with Crippen LogP contribution in [0.3, 0.4) is 0 Å². The lowest BCUT2D eigenvalue weighted by molar-refractivity contribution is -0.119. The third-order valence-corrected chi connectivity index (χ3v) is 3.65. The van der Waals surface area contributed by atoms with Crippen molar-refractivity contribution in [3.8, 4) is 0 Å². The van der Waals surface area contributed by atoms with Gasteiger partial charge in [-0.05, 0) is 43.0 Å². The van der Waals surface area contributed by atoms with Crippen LogP contribution in [0.5, 0.6) is 0 Å². The molecule has 6 nitrogen and oxygen atoms in total. The number of hydrogen-bond acceptors (Lipinski definition) is 5. The van der Waals surface area contributed by atoms with Crippen molar-refractivity contribution in [3.63, 3.8) is 0 Å². The summed E-state index contributed by atoms with van der Waals surface area (Å²) < 4.78 is 9.88. The lowest BCUT2D eigenvalue weighted by atomic mass is 9.92. The van der Waals surface area contributed by atoms with Crippen LogP contribution in [-0.2, 0) is 14.3 Å². The van der Waals surface area contributed by atoms with E-state index >= 15 is 0 Å². The fourth-order valence-corrected chi connectivity index (χ4v) is 2.32. The van der Waals surface area contributed by atoms with Gasteiger partial charge in [0, 0.05) is 18.9 Å². The summed E-state index contributed by atoms with van der Waals surface area (Å²) in [6.07, 6.45) is 1.60. The van der Waals surface area contributed by atoms with Crippen molar-refractivity contribution in [2.75, 3.05) is 25.6 Å². The molecule has 0 bridgehead atoms. The van der Waals surface area contributed by atoms with Gasteiger partial charge in [0.15, 0.2) is 0 Å². The molecule has 1 aromatic carbocycles. The van der Waals surface area contributed by atoms with Crippen LogP contribution in [0.2, 0.25) is 0 Å². The van der Waals surface area contributed by atoms with Gasteiger partial charge >= 0.3 is 5.97 Å². The highest BCUT2D eigenvalue weighted by Gasteiger charge is 2.26. The molecule has 0 aromatic heterocycles. The van der Waals surface area contributed by atoms with Gasteiger partial charge in [-0.1, -0.05) is 0 Å². The van der Waals surface area contributed by atoms with Gasteiger partial charge in [0.25, 0.3) is 0 Å². The zero-order valence-electron chi connectivity index (χ0n) is 12.0. The van der Waals surface area contributed by atoms with Crippen LogP contribution in [-0.4, -0.2) is 38.2 Å². The summed E-state index contributed by atoms with van der Waals surface area (Å²) in [4.78, 5) is 23.4. The molecule has 2 rings (SSSR count). The van der Waals surface area contributed by atoms with Gasteiger partial charge in [0.2, 0.25) is 5.91 Å². The first-order valence-electron chi connectivity index (χ1n) is 6.94. The maximum absolute atomic E-state index is 12.1. The van der Waals surface area contributed by atoms with E-state index < -0.39 is 12.0 Å². The van der Waals surface area contributed by atoms with E-state index in [1.54, 1.807) is 24.3 Å². The minimum atomic E-state index is -0.547. The number of carbonyl (C=O) groups is 2. The van der Waals surface area contributed by atoms with Crippen LogP contribution in [0.4, 0.5) is 5.69 Å². The van der Waals surface area contributed by atoms with Gasteiger partial charge < -0.3 is 20.5 Å². The smallest absolute Gasteiger partial charge is 0.337 e. The van der Waals surface area contributed by atoms with E-state index in [4.69, 9.17) is 10.5 Å². The van der Waals surface area contributed by atoms with Crippen LogP contribution in [0, 0.1) is 5.92 Å². The molecule has 1 saturated heterocycles. The Morgan fingerprint density at radius 3 is 2.48 bits per heavy atom. The second-order valence-corrected chi connectivity index (χ2v) is 5.03. The van der Waals surface area contributed by atoms with Crippen molar-refractivity contribution in [2.24, 2.45) is 11.7 Å². The Morgan fingerprint density at radius 1 is 1.29 bits per heavy atom. The zero-order valence-corrected chi connectivity index (χ0v) is 12.0. The number of ether oxygens (including phenoxy) is 2. The summed E-state index contributed by atoms with van der Waals surface area (Å²) in [5, 5.41) is 2.77. The fraction of sp³-hybridized carbons (Fsp3) is 0.467. The Hall–Kier alpha value is -1.92. The molecule has 0 saturated carbocycles. The van der Waals surface area contributed by atoms with Gasteiger partial charge in [0.05, 0.1) is 18.7 Å². The van der Waals surface area contributed by atoms with Crippen molar-refractivity contribution in [2.45, 2.75) is 18.9 Å². The Bertz CT molecular complexity index is 495. The number of amides is 1. The third kappa shape index (κ3) is 4.03. The first kappa shape index (κ1) is 15.5. The predicted molar refractivity (Wildman–Crippen MR) is 77.9 cm³/mol. The minimum absolute atomic E-state index is 0.146.